The molecule has 0 fully saturated rings. The number of hydrogen-bond acceptors (Lipinski definition) is 3. The van der Waals surface area contributed by atoms with E-state index in [-0.39, 0.29) is 0 Å². The molecule has 0 aliphatic rings. The van der Waals surface area contributed by atoms with Gasteiger partial charge >= 0.3 is 0 Å². The number of thiocarbonyl (C=S) groups is 1. The molecule has 0 atom stereocenters. The second-order valence-electron chi connectivity index (χ2n) is 4.36. The van der Waals surface area contributed by atoms with Crippen LogP contribution in [0, 0.1) is 13.8 Å². The summed E-state index contributed by atoms with van der Waals surface area (Å²) in [4.78, 5) is 4.74. The van der Waals surface area contributed by atoms with Crippen molar-refractivity contribution in [2.75, 3.05) is 5.32 Å². The predicted octanol–water partition coefficient (Wildman–Crippen LogP) is 4.60. The number of para-hydroxylation sites is 1. The molecule has 0 unspecified atom stereocenters. The normalized spacial score (nSPS) is 10.4. The van der Waals surface area contributed by atoms with Gasteiger partial charge in [0.25, 0.3) is 0 Å². The number of pyridine rings is 1. The molecule has 2 rings (SSSR count). The van der Waals surface area contributed by atoms with E-state index >= 15 is 0 Å². The van der Waals surface area contributed by atoms with Crippen LogP contribution < -0.4 is 11.1 Å². The van der Waals surface area contributed by atoms with Gasteiger partial charge in [0.2, 0.25) is 0 Å². The van der Waals surface area contributed by atoms with Gasteiger partial charge in [-0.15, -0.1) is 0 Å². The Hall–Kier alpha value is -0.980. The number of nitrogens with one attached hydrogen (secondary N) is 1. The Morgan fingerprint density at radius 3 is 2.40 bits per heavy atom. The summed E-state index contributed by atoms with van der Waals surface area (Å²) in [5, 5.41) is 3.37. The molecule has 104 valence electrons. The smallest absolute Gasteiger partial charge is 0.107 e. The van der Waals surface area contributed by atoms with Crippen molar-refractivity contribution in [3.63, 3.8) is 0 Å². The number of anilines is 2. The summed E-state index contributed by atoms with van der Waals surface area (Å²) in [6.45, 7) is 3.85. The van der Waals surface area contributed by atoms with E-state index in [4.69, 9.17) is 18.0 Å². The highest BCUT2D eigenvalue weighted by molar-refractivity contribution is 9.11. The highest BCUT2D eigenvalue weighted by atomic mass is 79.9. The maximum atomic E-state index is 5.82. The van der Waals surface area contributed by atoms with Gasteiger partial charge in [0.05, 0.1) is 16.9 Å². The minimum Gasteiger partial charge on any atom is -0.389 e. The second kappa shape index (κ2) is 6.20. The van der Waals surface area contributed by atoms with Crippen LogP contribution in [0.15, 0.2) is 33.2 Å². The standard InChI is InChI=1S/C14H13Br2N3S/c1-7-6-11(12(14(17)20)8(2)18-7)19-13-9(15)4-3-5-10(13)16/h3-6H,1-2H3,(H2,17,20)(H,18,19). The highest BCUT2D eigenvalue weighted by Crippen LogP contribution is 2.34. The molecule has 0 bridgehead atoms. The van der Waals surface area contributed by atoms with Crippen LogP contribution in [0.25, 0.3) is 0 Å². The maximum absolute atomic E-state index is 5.82. The number of aryl methyl sites for hydroxylation is 2. The number of aromatic nitrogens is 1. The van der Waals surface area contributed by atoms with Crippen LogP contribution in [-0.4, -0.2) is 9.97 Å². The minimum atomic E-state index is 0.334. The molecule has 20 heavy (non-hydrogen) atoms. The molecule has 2 aromatic rings. The first-order valence-electron chi connectivity index (χ1n) is 5.89. The lowest BCUT2D eigenvalue weighted by molar-refractivity contribution is 1.11. The molecule has 6 heteroatoms. The summed E-state index contributed by atoms with van der Waals surface area (Å²) >= 11 is 12.2. The van der Waals surface area contributed by atoms with Crippen molar-refractivity contribution >= 4 is 60.4 Å². The van der Waals surface area contributed by atoms with Gasteiger partial charge in [0.1, 0.15) is 4.99 Å². The molecular weight excluding hydrogens is 402 g/mol. The van der Waals surface area contributed by atoms with Crippen LogP contribution in [0.3, 0.4) is 0 Å². The Morgan fingerprint density at radius 2 is 1.85 bits per heavy atom. The van der Waals surface area contributed by atoms with Gasteiger partial charge in [-0.2, -0.15) is 0 Å². The lowest BCUT2D eigenvalue weighted by Gasteiger charge is -2.16. The van der Waals surface area contributed by atoms with E-state index in [1.807, 2.05) is 38.1 Å². The fourth-order valence-electron chi connectivity index (χ4n) is 1.99. The third-order valence-electron chi connectivity index (χ3n) is 2.80. The second-order valence-corrected chi connectivity index (χ2v) is 6.51. The third-order valence-corrected chi connectivity index (χ3v) is 4.32. The zero-order valence-corrected chi connectivity index (χ0v) is 15.0. The Morgan fingerprint density at radius 1 is 1.25 bits per heavy atom. The predicted molar refractivity (Wildman–Crippen MR) is 94.7 cm³/mol. The fraction of sp³-hybridized carbons (Fsp3) is 0.143. The van der Waals surface area contributed by atoms with Crippen molar-refractivity contribution in [1.29, 1.82) is 0 Å². The van der Waals surface area contributed by atoms with E-state index < -0.39 is 0 Å². The fourth-order valence-corrected chi connectivity index (χ4v) is 3.44. The van der Waals surface area contributed by atoms with Crippen LogP contribution in [0.4, 0.5) is 11.4 Å². The Labute approximate surface area is 140 Å². The van der Waals surface area contributed by atoms with Gasteiger partial charge in [-0.05, 0) is 63.9 Å². The van der Waals surface area contributed by atoms with Gasteiger partial charge in [0.15, 0.2) is 0 Å². The van der Waals surface area contributed by atoms with E-state index in [0.717, 1.165) is 37.3 Å². The summed E-state index contributed by atoms with van der Waals surface area (Å²) in [6, 6.07) is 7.83. The first-order chi connectivity index (χ1) is 9.40. The molecular formula is C14H13Br2N3S. The van der Waals surface area contributed by atoms with E-state index in [1.165, 1.54) is 0 Å². The maximum Gasteiger partial charge on any atom is 0.107 e. The molecule has 0 spiro atoms. The molecule has 3 nitrogen and oxygen atoms in total. The zero-order valence-electron chi connectivity index (χ0n) is 11.0. The molecule has 1 aromatic carbocycles. The Bertz CT molecular complexity index is 666. The molecule has 0 aliphatic carbocycles. The molecule has 3 N–H and O–H groups in total. The van der Waals surface area contributed by atoms with Gasteiger partial charge < -0.3 is 11.1 Å². The van der Waals surface area contributed by atoms with Gasteiger partial charge in [-0.25, -0.2) is 0 Å². The SMILES string of the molecule is Cc1cc(Nc2c(Br)cccc2Br)c(C(N)=S)c(C)n1. The summed E-state index contributed by atoms with van der Waals surface area (Å²) in [5.74, 6) is 0. The largest absolute Gasteiger partial charge is 0.389 e. The van der Waals surface area contributed by atoms with Crippen LogP contribution in [0.1, 0.15) is 17.0 Å². The van der Waals surface area contributed by atoms with Gasteiger partial charge in [-0.1, -0.05) is 18.3 Å². The summed E-state index contributed by atoms with van der Waals surface area (Å²) in [6.07, 6.45) is 0. The quantitative estimate of drug-likeness (QED) is 0.720. The average molecular weight is 415 g/mol. The van der Waals surface area contributed by atoms with Crippen LogP contribution in [0.2, 0.25) is 0 Å². The first-order valence-corrected chi connectivity index (χ1v) is 7.88. The summed E-state index contributed by atoms with van der Waals surface area (Å²) in [7, 11) is 0. The van der Waals surface area contributed by atoms with Gasteiger partial charge in [0, 0.05) is 20.3 Å². The number of halogens is 2. The molecule has 0 amide bonds. The minimum absolute atomic E-state index is 0.334. The van der Waals surface area contributed by atoms with Crippen LogP contribution in [0.5, 0.6) is 0 Å². The Kier molecular flexibility index (Phi) is 4.78. The van der Waals surface area contributed by atoms with Gasteiger partial charge in [-0.3, -0.25) is 4.98 Å². The highest BCUT2D eigenvalue weighted by Gasteiger charge is 2.13. The number of hydrogen-bond donors (Lipinski definition) is 2. The summed E-state index contributed by atoms with van der Waals surface area (Å²) < 4.78 is 1.90. The van der Waals surface area contributed by atoms with E-state index in [1.54, 1.807) is 0 Å². The molecule has 0 aliphatic heterocycles. The molecule has 1 heterocycles. The lowest BCUT2D eigenvalue weighted by Crippen LogP contribution is -2.15. The van der Waals surface area contributed by atoms with Crippen molar-refractivity contribution in [2.45, 2.75) is 13.8 Å². The van der Waals surface area contributed by atoms with Crippen molar-refractivity contribution in [2.24, 2.45) is 5.73 Å². The lowest BCUT2D eigenvalue weighted by atomic mass is 10.1. The Balaban J connectivity index is 2.56. The van der Waals surface area contributed by atoms with E-state index in [0.29, 0.717) is 4.99 Å². The first kappa shape index (κ1) is 15.4. The zero-order chi connectivity index (χ0) is 14.9. The molecule has 0 saturated carbocycles. The topological polar surface area (TPSA) is 50.9 Å². The van der Waals surface area contributed by atoms with Crippen molar-refractivity contribution < 1.29 is 0 Å². The van der Waals surface area contributed by atoms with Crippen molar-refractivity contribution in [1.82, 2.24) is 4.98 Å². The van der Waals surface area contributed by atoms with Crippen molar-refractivity contribution in [3.05, 3.63) is 50.2 Å². The molecule has 1 aromatic heterocycles. The number of rotatable bonds is 3. The molecule has 0 saturated heterocycles. The van der Waals surface area contributed by atoms with Crippen molar-refractivity contribution in [3.8, 4) is 0 Å². The van der Waals surface area contributed by atoms with E-state index in [2.05, 4.69) is 42.2 Å². The average Bonchev–Trinajstić information content (AvgIpc) is 2.32. The molecule has 0 radical (unpaired) electrons. The van der Waals surface area contributed by atoms with Crippen LogP contribution in [-0.2, 0) is 0 Å². The number of nitrogens with zero attached hydrogens (tertiary/aromatic N) is 1. The summed E-state index contributed by atoms with van der Waals surface area (Å²) in [5.41, 5.74) is 10.1. The number of nitrogens with two attached hydrogens (primary N) is 1. The monoisotopic (exact) mass is 413 g/mol. The third kappa shape index (κ3) is 3.19. The van der Waals surface area contributed by atoms with Crippen LogP contribution >= 0.6 is 44.1 Å². The van der Waals surface area contributed by atoms with E-state index in [9.17, 15) is 0 Å². The number of benzene rings is 1.